The maximum atomic E-state index is 12.9. The van der Waals surface area contributed by atoms with Crippen molar-refractivity contribution in [1.82, 2.24) is 9.80 Å². The normalized spacial score (nSPS) is 17.5. The van der Waals surface area contributed by atoms with Crippen LogP contribution in [-0.4, -0.2) is 67.1 Å². The second kappa shape index (κ2) is 9.09. The van der Waals surface area contributed by atoms with Crippen molar-refractivity contribution in [2.45, 2.75) is 13.0 Å². The molecule has 2 aliphatic rings. The predicted molar refractivity (Wildman–Crippen MR) is 122 cm³/mol. The van der Waals surface area contributed by atoms with Gasteiger partial charge in [0.1, 0.15) is 17.9 Å². The SMILES string of the molecule is Cc1cc(=O)oc2cc(OCC(=O)N3CCN(C(=O)[C@@H]4COc5ccccc5O4)CC3)ccc12. The number of ether oxygens (including phenoxy) is 3. The second-order valence-corrected chi connectivity index (χ2v) is 8.27. The monoisotopic (exact) mass is 464 g/mol. The number of aryl methyl sites for hydroxylation is 1. The van der Waals surface area contributed by atoms with Crippen molar-refractivity contribution in [2.24, 2.45) is 0 Å². The smallest absolute Gasteiger partial charge is 0.336 e. The fourth-order valence-corrected chi connectivity index (χ4v) is 4.15. The first-order valence-electron chi connectivity index (χ1n) is 11.1. The van der Waals surface area contributed by atoms with Crippen LogP contribution in [-0.2, 0) is 9.59 Å². The molecule has 2 amide bonds. The van der Waals surface area contributed by atoms with Crippen LogP contribution >= 0.6 is 0 Å². The third-order valence-electron chi connectivity index (χ3n) is 6.01. The molecular weight excluding hydrogens is 440 g/mol. The van der Waals surface area contributed by atoms with Crippen LogP contribution in [0.5, 0.6) is 17.2 Å². The molecule has 5 rings (SSSR count). The highest BCUT2D eigenvalue weighted by molar-refractivity contribution is 5.83. The van der Waals surface area contributed by atoms with Gasteiger partial charge in [0, 0.05) is 43.7 Å². The van der Waals surface area contributed by atoms with Gasteiger partial charge in [0.05, 0.1) is 0 Å². The van der Waals surface area contributed by atoms with Crippen molar-refractivity contribution in [1.29, 1.82) is 0 Å². The number of hydrogen-bond donors (Lipinski definition) is 0. The van der Waals surface area contributed by atoms with E-state index in [-0.39, 0.29) is 25.0 Å². The molecule has 9 heteroatoms. The molecule has 9 nitrogen and oxygen atoms in total. The quantitative estimate of drug-likeness (QED) is 0.545. The summed E-state index contributed by atoms with van der Waals surface area (Å²) in [5.74, 6) is 1.31. The van der Waals surface area contributed by atoms with Gasteiger partial charge in [-0.15, -0.1) is 0 Å². The fraction of sp³-hybridized carbons (Fsp3) is 0.320. The molecule has 34 heavy (non-hydrogen) atoms. The number of piperazine rings is 1. The molecular formula is C25H24N2O7. The Bertz CT molecular complexity index is 1290. The minimum absolute atomic E-state index is 0.147. The average molecular weight is 464 g/mol. The van der Waals surface area contributed by atoms with Gasteiger partial charge in [-0.3, -0.25) is 9.59 Å². The molecule has 0 unspecified atom stereocenters. The molecule has 176 valence electrons. The zero-order valence-corrected chi connectivity index (χ0v) is 18.7. The van der Waals surface area contributed by atoms with E-state index < -0.39 is 11.7 Å². The van der Waals surface area contributed by atoms with Gasteiger partial charge in [0.25, 0.3) is 11.8 Å². The van der Waals surface area contributed by atoms with Crippen LogP contribution in [0.15, 0.2) is 57.7 Å². The van der Waals surface area contributed by atoms with E-state index in [0.29, 0.717) is 49.0 Å². The Morgan fingerprint density at radius 1 is 1.00 bits per heavy atom. The molecule has 0 N–H and O–H groups in total. The largest absolute Gasteiger partial charge is 0.485 e. The van der Waals surface area contributed by atoms with Gasteiger partial charge in [0.15, 0.2) is 18.1 Å². The number of carbonyl (C=O) groups is 2. The van der Waals surface area contributed by atoms with E-state index in [1.807, 2.05) is 19.1 Å². The van der Waals surface area contributed by atoms with E-state index in [1.165, 1.54) is 6.07 Å². The Morgan fingerprint density at radius 3 is 2.53 bits per heavy atom. The summed E-state index contributed by atoms with van der Waals surface area (Å²) >= 11 is 0. The van der Waals surface area contributed by atoms with Crippen LogP contribution in [0.4, 0.5) is 0 Å². The molecule has 0 spiro atoms. The number of fused-ring (bicyclic) bond motifs is 2. The molecule has 0 saturated carbocycles. The van der Waals surface area contributed by atoms with Gasteiger partial charge >= 0.3 is 5.63 Å². The molecule has 1 atom stereocenters. The standard InChI is InChI=1S/C25H24N2O7/c1-16-12-24(29)34-21-13-17(6-7-18(16)21)31-15-23(28)26-8-10-27(11-9-26)25(30)22-14-32-19-4-2-3-5-20(19)33-22/h2-7,12-13,22H,8-11,14-15H2,1H3/t22-/m0/s1. The Morgan fingerprint density at radius 2 is 1.74 bits per heavy atom. The lowest BCUT2D eigenvalue weighted by molar-refractivity contribution is -0.146. The van der Waals surface area contributed by atoms with E-state index in [9.17, 15) is 14.4 Å². The summed E-state index contributed by atoms with van der Waals surface area (Å²) in [4.78, 5) is 40.5. The van der Waals surface area contributed by atoms with Crippen molar-refractivity contribution >= 4 is 22.8 Å². The first-order chi connectivity index (χ1) is 16.5. The zero-order valence-electron chi connectivity index (χ0n) is 18.7. The lowest BCUT2D eigenvalue weighted by Gasteiger charge is -2.37. The Balaban J connectivity index is 1.13. The van der Waals surface area contributed by atoms with Gasteiger partial charge in [-0.05, 0) is 36.8 Å². The number of rotatable bonds is 4. The third kappa shape index (κ3) is 4.41. The highest BCUT2D eigenvalue weighted by atomic mass is 16.6. The van der Waals surface area contributed by atoms with Crippen molar-refractivity contribution in [3.05, 3.63) is 64.5 Å². The van der Waals surface area contributed by atoms with E-state index >= 15 is 0 Å². The average Bonchev–Trinajstić information content (AvgIpc) is 2.86. The van der Waals surface area contributed by atoms with Crippen LogP contribution in [0.2, 0.25) is 0 Å². The molecule has 1 aromatic heterocycles. The number of nitrogens with zero attached hydrogens (tertiary/aromatic N) is 2. The fourth-order valence-electron chi connectivity index (χ4n) is 4.15. The molecule has 1 fully saturated rings. The summed E-state index contributed by atoms with van der Waals surface area (Å²) < 4.78 is 22.3. The maximum Gasteiger partial charge on any atom is 0.336 e. The second-order valence-electron chi connectivity index (χ2n) is 8.27. The molecule has 1 saturated heterocycles. The van der Waals surface area contributed by atoms with Gasteiger partial charge in [-0.1, -0.05) is 12.1 Å². The highest BCUT2D eigenvalue weighted by Gasteiger charge is 2.33. The van der Waals surface area contributed by atoms with E-state index in [2.05, 4.69) is 0 Å². The van der Waals surface area contributed by atoms with Gasteiger partial charge in [-0.2, -0.15) is 0 Å². The minimum Gasteiger partial charge on any atom is -0.485 e. The Hall–Kier alpha value is -4.01. The zero-order chi connectivity index (χ0) is 23.7. The predicted octanol–water partition coefficient (Wildman–Crippen LogP) is 1.99. The van der Waals surface area contributed by atoms with Gasteiger partial charge < -0.3 is 28.4 Å². The number of amides is 2. The minimum atomic E-state index is -0.697. The number of para-hydroxylation sites is 2. The van der Waals surface area contributed by atoms with Crippen LogP contribution in [0, 0.1) is 6.92 Å². The summed E-state index contributed by atoms with van der Waals surface area (Å²) in [6.07, 6.45) is -0.697. The summed E-state index contributed by atoms with van der Waals surface area (Å²) in [7, 11) is 0. The van der Waals surface area contributed by atoms with Crippen molar-refractivity contribution in [2.75, 3.05) is 39.4 Å². The van der Waals surface area contributed by atoms with Crippen molar-refractivity contribution in [3.8, 4) is 17.2 Å². The van der Waals surface area contributed by atoms with Gasteiger partial charge in [-0.25, -0.2) is 4.79 Å². The van der Waals surface area contributed by atoms with E-state index in [1.54, 1.807) is 40.1 Å². The summed E-state index contributed by atoms with van der Waals surface area (Å²) in [6, 6.07) is 13.8. The van der Waals surface area contributed by atoms with Crippen molar-refractivity contribution in [3.63, 3.8) is 0 Å². The van der Waals surface area contributed by atoms with E-state index in [0.717, 1.165) is 10.9 Å². The lowest BCUT2D eigenvalue weighted by atomic mass is 10.1. The highest BCUT2D eigenvalue weighted by Crippen LogP contribution is 2.31. The first-order valence-corrected chi connectivity index (χ1v) is 11.1. The molecule has 0 bridgehead atoms. The third-order valence-corrected chi connectivity index (χ3v) is 6.01. The summed E-state index contributed by atoms with van der Waals surface area (Å²) in [5, 5.41) is 0.815. The van der Waals surface area contributed by atoms with E-state index in [4.69, 9.17) is 18.6 Å². The summed E-state index contributed by atoms with van der Waals surface area (Å²) in [6.45, 7) is 3.48. The molecule has 0 aliphatic carbocycles. The van der Waals surface area contributed by atoms with Crippen molar-refractivity contribution < 1.29 is 28.2 Å². The Kier molecular flexibility index (Phi) is 5.83. The molecule has 2 aliphatic heterocycles. The van der Waals surface area contributed by atoms with Crippen LogP contribution in [0.25, 0.3) is 11.0 Å². The van der Waals surface area contributed by atoms with Crippen LogP contribution < -0.4 is 19.8 Å². The molecule has 0 radical (unpaired) electrons. The number of carbonyl (C=O) groups excluding carboxylic acids is 2. The maximum absolute atomic E-state index is 12.9. The first kappa shape index (κ1) is 21.8. The Labute approximate surface area is 195 Å². The molecule has 2 aromatic carbocycles. The lowest BCUT2D eigenvalue weighted by Crippen LogP contribution is -2.55. The topological polar surface area (TPSA) is 98.5 Å². The van der Waals surface area contributed by atoms with Gasteiger partial charge in [0.2, 0.25) is 6.10 Å². The number of hydrogen-bond acceptors (Lipinski definition) is 7. The summed E-state index contributed by atoms with van der Waals surface area (Å²) in [5.41, 5.74) is 0.800. The number of benzene rings is 2. The van der Waals surface area contributed by atoms with Crippen LogP contribution in [0.3, 0.4) is 0 Å². The molecule has 3 heterocycles. The molecule has 3 aromatic rings. The van der Waals surface area contributed by atoms with Crippen LogP contribution in [0.1, 0.15) is 5.56 Å².